The Morgan fingerprint density at radius 1 is 1.10 bits per heavy atom. The average molecular weight is 413 g/mol. The number of piperidine rings is 1. The zero-order chi connectivity index (χ0) is 21.0. The maximum Gasteiger partial charge on any atom is 0.225 e. The van der Waals surface area contributed by atoms with Gasteiger partial charge in [-0.05, 0) is 30.5 Å². The maximum absolute atomic E-state index is 13.4. The smallest absolute Gasteiger partial charge is 0.225 e. The van der Waals surface area contributed by atoms with Crippen molar-refractivity contribution in [2.75, 3.05) is 44.3 Å². The van der Waals surface area contributed by atoms with E-state index >= 15 is 0 Å². The number of nitrogens with one attached hydrogen (secondary N) is 1. The van der Waals surface area contributed by atoms with Crippen LogP contribution in [0.5, 0.6) is 0 Å². The van der Waals surface area contributed by atoms with Crippen molar-refractivity contribution in [3.63, 3.8) is 0 Å². The highest BCUT2D eigenvalue weighted by Crippen LogP contribution is 2.33. The number of carbonyl (C=O) groups is 1. The second-order valence-corrected chi connectivity index (χ2v) is 8.04. The molecule has 1 amide bonds. The predicted octanol–water partition coefficient (Wildman–Crippen LogP) is 2.08. The normalized spacial score (nSPS) is 19.5. The lowest BCUT2D eigenvalue weighted by Gasteiger charge is -2.42. The van der Waals surface area contributed by atoms with Gasteiger partial charge in [0, 0.05) is 57.6 Å². The molecule has 7 nitrogen and oxygen atoms in total. The number of hydrogen-bond acceptors (Lipinski definition) is 6. The molecule has 2 fully saturated rings. The summed E-state index contributed by atoms with van der Waals surface area (Å²) >= 11 is 0. The number of aromatic nitrogens is 2. The van der Waals surface area contributed by atoms with Crippen LogP contribution in [0.15, 0.2) is 36.7 Å². The SMILES string of the molecule is CC(=O)NC1(c2ccc(F)cc2)CCN(Cc2cnc(N3CCOCC3)nc2)CC1. The molecular formula is C22H28FN5O2. The molecular weight excluding hydrogens is 385 g/mol. The van der Waals surface area contributed by atoms with Crippen LogP contribution in [0.1, 0.15) is 30.9 Å². The number of benzene rings is 1. The molecule has 3 heterocycles. The minimum Gasteiger partial charge on any atom is -0.378 e. The molecule has 160 valence electrons. The number of halogens is 1. The molecule has 0 atom stereocenters. The molecule has 8 heteroatoms. The summed E-state index contributed by atoms with van der Waals surface area (Å²) in [5.41, 5.74) is 1.57. The van der Waals surface area contributed by atoms with Gasteiger partial charge in [0.1, 0.15) is 5.82 Å². The number of ether oxygens (including phenoxy) is 1. The standard InChI is InChI=1S/C22H28FN5O2/c1-17(29)26-22(19-2-4-20(23)5-3-19)6-8-27(9-7-22)16-18-14-24-21(25-15-18)28-10-12-30-13-11-28/h2-5,14-15H,6-13,16H2,1H3,(H,26,29). The first-order chi connectivity index (χ1) is 14.5. The summed E-state index contributed by atoms with van der Waals surface area (Å²) in [6.45, 7) is 7.01. The van der Waals surface area contributed by atoms with E-state index in [1.807, 2.05) is 12.4 Å². The summed E-state index contributed by atoms with van der Waals surface area (Å²) in [5, 5.41) is 3.13. The lowest BCUT2D eigenvalue weighted by molar-refractivity contribution is -0.121. The number of likely N-dealkylation sites (tertiary alicyclic amines) is 1. The highest BCUT2D eigenvalue weighted by atomic mass is 19.1. The summed E-state index contributed by atoms with van der Waals surface area (Å²) in [6, 6.07) is 6.47. The van der Waals surface area contributed by atoms with E-state index in [1.165, 1.54) is 19.1 Å². The molecule has 4 rings (SSSR count). The quantitative estimate of drug-likeness (QED) is 0.809. The Kier molecular flexibility index (Phi) is 6.24. The molecule has 0 unspecified atom stereocenters. The molecule has 2 aliphatic heterocycles. The first kappa shape index (κ1) is 20.7. The molecule has 2 aromatic rings. The van der Waals surface area contributed by atoms with Crippen molar-refractivity contribution in [2.24, 2.45) is 0 Å². The number of carbonyl (C=O) groups excluding carboxylic acids is 1. The summed E-state index contributed by atoms with van der Waals surface area (Å²) < 4.78 is 18.8. The number of hydrogen-bond donors (Lipinski definition) is 1. The third-order valence-electron chi connectivity index (χ3n) is 5.91. The van der Waals surface area contributed by atoms with Crippen molar-refractivity contribution in [1.82, 2.24) is 20.2 Å². The molecule has 30 heavy (non-hydrogen) atoms. The lowest BCUT2D eigenvalue weighted by atomic mass is 9.80. The number of nitrogens with zero attached hydrogens (tertiary/aromatic N) is 4. The zero-order valence-electron chi connectivity index (χ0n) is 17.3. The lowest BCUT2D eigenvalue weighted by Crippen LogP contribution is -2.52. The van der Waals surface area contributed by atoms with Gasteiger partial charge in [-0.2, -0.15) is 0 Å². The Hall–Kier alpha value is -2.58. The van der Waals surface area contributed by atoms with E-state index in [2.05, 4.69) is 25.1 Å². The second kappa shape index (κ2) is 9.06. The maximum atomic E-state index is 13.4. The largest absolute Gasteiger partial charge is 0.378 e. The second-order valence-electron chi connectivity index (χ2n) is 8.04. The molecule has 1 aromatic carbocycles. The third-order valence-corrected chi connectivity index (χ3v) is 5.91. The molecule has 2 saturated heterocycles. The first-order valence-corrected chi connectivity index (χ1v) is 10.4. The summed E-state index contributed by atoms with van der Waals surface area (Å²) in [5.74, 6) is 0.413. The van der Waals surface area contributed by atoms with Crippen LogP contribution in [0.4, 0.5) is 10.3 Å². The number of anilines is 1. The van der Waals surface area contributed by atoms with Gasteiger partial charge in [0.2, 0.25) is 11.9 Å². The highest BCUT2D eigenvalue weighted by Gasteiger charge is 2.37. The first-order valence-electron chi connectivity index (χ1n) is 10.4. The van der Waals surface area contributed by atoms with Gasteiger partial charge in [0.25, 0.3) is 0 Å². The zero-order valence-corrected chi connectivity index (χ0v) is 17.3. The van der Waals surface area contributed by atoms with Gasteiger partial charge in [-0.25, -0.2) is 14.4 Å². The van der Waals surface area contributed by atoms with E-state index < -0.39 is 5.54 Å². The van der Waals surface area contributed by atoms with Gasteiger partial charge in [-0.1, -0.05) is 12.1 Å². The average Bonchev–Trinajstić information content (AvgIpc) is 2.76. The van der Waals surface area contributed by atoms with E-state index in [0.29, 0.717) is 13.2 Å². The molecule has 1 N–H and O–H groups in total. The van der Waals surface area contributed by atoms with Crippen molar-refractivity contribution >= 4 is 11.9 Å². The summed E-state index contributed by atoms with van der Waals surface area (Å²) in [7, 11) is 0. The van der Waals surface area contributed by atoms with E-state index in [9.17, 15) is 9.18 Å². The van der Waals surface area contributed by atoms with E-state index in [-0.39, 0.29) is 11.7 Å². The Morgan fingerprint density at radius 2 is 1.73 bits per heavy atom. The Labute approximate surface area is 176 Å². The van der Waals surface area contributed by atoms with Crippen LogP contribution in [0, 0.1) is 5.82 Å². The summed E-state index contributed by atoms with van der Waals surface area (Å²) in [4.78, 5) is 25.4. The van der Waals surface area contributed by atoms with Crippen molar-refractivity contribution < 1.29 is 13.9 Å². The number of amides is 1. The molecule has 0 bridgehead atoms. The van der Waals surface area contributed by atoms with Crippen LogP contribution in [0.25, 0.3) is 0 Å². The van der Waals surface area contributed by atoms with Crippen molar-refractivity contribution in [1.29, 1.82) is 0 Å². The van der Waals surface area contributed by atoms with Crippen LogP contribution in [0.3, 0.4) is 0 Å². The topological polar surface area (TPSA) is 70.6 Å². The fourth-order valence-corrected chi connectivity index (χ4v) is 4.30. The minimum atomic E-state index is -0.452. The Morgan fingerprint density at radius 3 is 2.33 bits per heavy atom. The molecule has 0 saturated carbocycles. The number of rotatable bonds is 5. The van der Waals surface area contributed by atoms with Crippen molar-refractivity contribution in [3.8, 4) is 0 Å². The van der Waals surface area contributed by atoms with E-state index in [1.54, 1.807) is 12.1 Å². The van der Waals surface area contributed by atoms with Crippen LogP contribution in [-0.4, -0.2) is 60.2 Å². The van der Waals surface area contributed by atoms with Crippen LogP contribution in [-0.2, 0) is 21.6 Å². The van der Waals surface area contributed by atoms with Gasteiger partial charge in [0.15, 0.2) is 0 Å². The number of morpholine rings is 1. The van der Waals surface area contributed by atoms with Crippen LogP contribution in [0.2, 0.25) is 0 Å². The van der Waals surface area contributed by atoms with Crippen LogP contribution < -0.4 is 10.2 Å². The van der Waals surface area contributed by atoms with Gasteiger partial charge in [0.05, 0.1) is 18.8 Å². The third kappa shape index (κ3) is 4.76. The summed E-state index contributed by atoms with van der Waals surface area (Å²) in [6.07, 6.45) is 5.33. The fourth-order valence-electron chi connectivity index (χ4n) is 4.30. The van der Waals surface area contributed by atoms with Crippen molar-refractivity contribution in [2.45, 2.75) is 31.8 Å². The molecule has 0 aliphatic carbocycles. The van der Waals surface area contributed by atoms with Crippen molar-refractivity contribution in [3.05, 3.63) is 53.6 Å². The fraction of sp³-hybridized carbons (Fsp3) is 0.500. The Balaban J connectivity index is 1.39. The van der Waals surface area contributed by atoms with Gasteiger partial charge >= 0.3 is 0 Å². The molecule has 1 aromatic heterocycles. The Bertz CT molecular complexity index is 845. The monoisotopic (exact) mass is 413 g/mol. The van der Waals surface area contributed by atoms with Gasteiger partial charge < -0.3 is 15.0 Å². The predicted molar refractivity (Wildman–Crippen MR) is 111 cm³/mol. The minimum absolute atomic E-state index is 0.0696. The molecule has 2 aliphatic rings. The molecule has 0 spiro atoms. The van der Waals surface area contributed by atoms with Gasteiger partial charge in [-0.15, -0.1) is 0 Å². The van der Waals surface area contributed by atoms with E-state index in [4.69, 9.17) is 4.74 Å². The highest BCUT2D eigenvalue weighted by molar-refractivity contribution is 5.74. The van der Waals surface area contributed by atoms with Gasteiger partial charge in [-0.3, -0.25) is 9.69 Å². The molecule has 0 radical (unpaired) electrons. The van der Waals surface area contributed by atoms with E-state index in [0.717, 1.165) is 62.6 Å². The van der Waals surface area contributed by atoms with Crippen LogP contribution >= 0.6 is 0 Å².